The van der Waals surface area contributed by atoms with Crippen LogP contribution >= 0.6 is 0 Å². The molecule has 1 aliphatic rings. The van der Waals surface area contributed by atoms with Crippen LogP contribution in [-0.2, 0) is 17.8 Å². The molecule has 0 radical (unpaired) electrons. The minimum absolute atomic E-state index is 0.689. The Bertz CT molecular complexity index is 289. The lowest BCUT2D eigenvalue weighted by atomic mass is 10.0. The zero-order valence-electron chi connectivity index (χ0n) is 6.34. The van der Waals surface area contributed by atoms with Crippen LogP contribution in [0.1, 0.15) is 11.1 Å². The molecule has 1 aromatic carbocycles. The maximum Gasteiger partial charge on any atom is 0.113 e. The number of hydrogen-bond acceptors (Lipinski definition) is 1. The van der Waals surface area contributed by atoms with E-state index in [2.05, 4.69) is 24.8 Å². The number of benzene rings is 1. The lowest BCUT2D eigenvalue weighted by Crippen LogP contribution is -2.06. The van der Waals surface area contributed by atoms with Gasteiger partial charge in [-0.05, 0) is 11.1 Å². The minimum Gasteiger partial charge on any atom is -0.494 e. The molecule has 0 saturated heterocycles. The molecular formula is C10H10O. The highest BCUT2D eigenvalue weighted by Crippen LogP contribution is 2.20. The van der Waals surface area contributed by atoms with Crippen LogP contribution in [0.5, 0.6) is 0 Å². The predicted molar refractivity (Wildman–Crippen MR) is 44.1 cm³/mol. The lowest BCUT2D eigenvalue weighted by molar-refractivity contribution is 0.182. The van der Waals surface area contributed by atoms with Crippen LogP contribution in [-0.4, -0.2) is 0 Å². The molecule has 0 bridgehead atoms. The summed E-state index contributed by atoms with van der Waals surface area (Å²) in [6.07, 6.45) is 0.871. The predicted octanol–water partition coefficient (Wildman–Crippen LogP) is 2.27. The number of rotatable bonds is 0. The third-order valence-corrected chi connectivity index (χ3v) is 1.94. The fourth-order valence-electron chi connectivity index (χ4n) is 1.31. The summed E-state index contributed by atoms with van der Waals surface area (Å²) >= 11 is 0. The normalized spacial score (nSPS) is 15.5. The summed E-state index contributed by atoms with van der Waals surface area (Å²) in [6.45, 7) is 4.48. The standard InChI is InChI=1S/C10H10O/c1-8-6-9-4-2-3-5-10(9)7-11-8/h2-5H,1,6-7H2. The molecule has 0 saturated carbocycles. The molecule has 0 spiro atoms. The first-order valence-electron chi connectivity index (χ1n) is 3.73. The Morgan fingerprint density at radius 2 is 1.91 bits per heavy atom. The molecule has 0 fully saturated rings. The molecule has 1 aromatic rings. The molecule has 1 heterocycles. The number of allylic oxidation sites excluding steroid dienone is 1. The van der Waals surface area contributed by atoms with Crippen LogP contribution in [0.2, 0.25) is 0 Å². The van der Waals surface area contributed by atoms with E-state index in [-0.39, 0.29) is 0 Å². The van der Waals surface area contributed by atoms with Crippen molar-refractivity contribution in [2.75, 3.05) is 0 Å². The van der Waals surface area contributed by atoms with E-state index in [1.54, 1.807) is 0 Å². The monoisotopic (exact) mass is 146 g/mol. The van der Waals surface area contributed by atoms with Gasteiger partial charge in [0.25, 0.3) is 0 Å². The molecule has 56 valence electrons. The van der Waals surface area contributed by atoms with Crippen LogP contribution < -0.4 is 0 Å². The van der Waals surface area contributed by atoms with Gasteiger partial charge in [0, 0.05) is 6.42 Å². The molecular weight excluding hydrogens is 136 g/mol. The smallest absolute Gasteiger partial charge is 0.113 e. The van der Waals surface area contributed by atoms with Gasteiger partial charge in [0.1, 0.15) is 6.61 Å². The zero-order chi connectivity index (χ0) is 7.68. The Morgan fingerprint density at radius 3 is 2.73 bits per heavy atom. The molecule has 1 aliphatic heterocycles. The summed E-state index contributed by atoms with van der Waals surface area (Å²) in [7, 11) is 0. The molecule has 1 heteroatoms. The van der Waals surface area contributed by atoms with Gasteiger partial charge in [-0.15, -0.1) is 0 Å². The van der Waals surface area contributed by atoms with Gasteiger partial charge in [0.2, 0.25) is 0 Å². The Kier molecular flexibility index (Phi) is 1.42. The third kappa shape index (κ3) is 1.14. The van der Waals surface area contributed by atoms with Crippen LogP contribution in [0, 0.1) is 0 Å². The number of ether oxygens (including phenoxy) is 1. The summed E-state index contributed by atoms with van der Waals surface area (Å²) in [4.78, 5) is 0. The van der Waals surface area contributed by atoms with Gasteiger partial charge in [-0.3, -0.25) is 0 Å². The van der Waals surface area contributed by atoms with E-state index in [9.17, 15) is 0 Å². The Morgan fingerprint density at radius 1 is 1.18 bits per heavy atom. The highest BCUT2D eigenvalue weighted by Gasteiger charge is 2.10. The fourth-order valence-corrected chi connectivity index (χ4v) is 1.31. The van der Waals surface area contributed by atoms with Gasteiger partial charge in [-0.2, -0.15) is 0 Å². The topological polar surface area (TPSA) is 9.23 Å². The van der Waals surface area contributed by atoms with Crippen molar-refractivity contribution in [3.8, 4) is 0 Å². The SMILES string of the molecule is C=C1Cc2ccccc2CO1. The van der Waals surface area contributed by atoms with E-state index in [0.29, 0.717) is 6.61 Å². The second-order valence-corrected chi connectivity index (χ2v) is 2.77. The van der Waals surface area contributed by atoms with Gasteiger partial charge in [-0.1, -0.05) is 30.8 Å². The van der Waals surface area contributed by atoms with E-state index in [1.165, 1.54) is 11.1 Å². The molecule has 0 amide bonds. The van der Waals surface area contributed by atoms with Crippen LogP contribution in [0.25, 0.3) is 0 Å². The van der Waals surface area contributed by atoms with E-state index in [4.69, 9.17) is 4.74 Å². The van der Waals surface area contributed by atoms with Crippen molar-refractivity contribution in [3.05, 3.63) is 47.7 Å². The van der Waals surface area contributed by atoms with Crippen LogP contribution in [0.15, 0.2) is 36.6 Å². The summed E-state index contributed by atoms with van der Waals surface area (Å²) < 4.78 is 5.31. The van der Waals surface area contributed by atoms with Crippen molar-refractivity contribution in [2.24, 2.45) is 0 Å². The van der Waals surface area contributed by atoms with E-state index >= 15 is 0 Å². The quantitative estimate of drug-likeness (QED) is 0.545. The molecule has 2 rings (SSSR count). The highest BCUT2D eigenvalue weighted by molar-refractivity contribution is 5.31. The molecule has 11 heavy (non-hydrogen) atoms. The fraction of sp³-hybridized carbons (Fsp3) is 0.200. The summed E-state index contributed by atoms with van der Waals surface area (Å²) in [5.74, 6) is 0.878. The highest BCUT2D eigenvalue weighted by atomic mass is 16.5. The van der Waals surface area contributed by atoms with Gasteiger partial charge < -0.3 is 4.74 Å². The van der Waals surface area contributed by atoms with Crippen molar-refractivity contribution < 1.29 is 4.74 Å². The van der Waals surface area contributed by atoms with E-state index in [1.807, 2.05) is 6.07 Å². The molecule has 0 atom stereocenters. The van der Waals surface area contributed by atoms with Gasteiger partial charge in [0.05, 0.1) is 5.76 Å². The zero-order valence-corrected chi connectivity index (χ0v) is 6.34. The lowest BCUT2D eigenvalue weighted by Gasteiger charge is -2.18. The van der Waals surface area contributed by atoms with Gasteiger partial charge >= 0.3 is 0 Å². The number of hydrogen-bond donors (Lipinski definition) is 0. The average Bonchev–Trinajstić information content (AvgIpc) is 2.04. The first-order chi connectivity index (χ1) is 5.36. The van der Waals surface area contributed by atoms with Crippen LogP contribution in [0.4, 0.5) is 0 Å². The van der Waals surface area contributed by atoms with Crippen LogP contribution in [0.3, 0.4) is 0 Å². The second kappa shape index (κ2) is 2.42. The van der Waals surface area contributed by atoms with Crippen molar-refractivity contribution in [2.45, 2.75) is 13.0 Å². The minimum atomic E-state index is 0.689. The molecule has 0 aromatic heterocycles. The Balaban J connectivity index is 2.41. The third-order valence-electron chi connectivity index (χ3n) is 1.94. The van der Waals surface area contributed by atoms with Crippen molar-refractivity contribution >= 4 is 0 Å². The maximum atomic E-state index is 5.31. The summed E-state index contributed by atoms with van der Waals surface area (Å²) in [5.41, 5.74) is 2.64. The van der Waals surface area contributed by atoms with Gasteiger partial charge in [0.15, 0.2) is 0 Å². The number of fused-ring (bicyclic) bond motifs is 1. The van der Waals surface area contributed by atoms with E-state index in [0.717, 1.165) is 12.2 Å². The maximum absolute atomic E-state index is 5.31. The first kappa shape index (κ1) is 6.47. The molecule has 0 aliphatic carbocycles. The first-order valence-corrected chi connectivity index (χ1v) is 3.73. The summed E-state index contributed by atoms with van der Waals surface area (Å²) in [5, 5.41) is 0. The van der Waals surface area contributed by atoms with E-state index < -0.39 is 0 Å². The Hall–Kier alpha value is -1.24. The average molecular weight is 146 g/mol. The molecule has 0 N–H and O–H groups in total. The molecule has 1 nitrogen and oxygen atoms in total. The molecule has 0 unspecified atom stereocenters. The Labute approximate surface area is 66.3 Å². The largest absolute Gasteiger partial charge is 0.494 e. The summed E-state index contributed by atoms with van der Waals surface area (Å²) in [6, 6.07) is 8.32. The van der Waals surface area contributed by atoms with Gasteiger partial charge in [-0.25, -0.2) is 0 Å². The second-order valence-electron chi connectivity index (χ2n) is 2.77. The van der Waals surface area contributed by atoms with Crippen molar-refractivity contribution in [1.29, 1.82) is 0 Å². The van der Waals surface area contributed by atoms with Crippen molar-refractivity contribution in [1.82, 2.24) is 0 Å². The van der Waals surface area contributed by atoms with Crippen molar-refractivity contribution in [3.63, 3.8) is 0 Å².